The smallest absolute Gasteiger partial charge is 0.255 e. The second kappa shape index (κ2) is 5.02. The first-order valence-corrected chi connectivity index (χ1v) is 4.64. The SMILES string of the molecule is CC(O)c1cccnc1N(C)CC(F)F. The van der Waals surface area contributed by atoms with E-state index in [2.05, 4.69) is 4.98 Å². The summed E-state index contributed by atoms with van der Waals surface area (Å²) in [7, 11) is 1.53. The van der Waals surface area contributed by atoms with Crippen molar-refractivity contribution < 1.29 is 13.9 Å². The first-order chi connectivity index (χ1) is 7.02. The minimum absolute atomic E-state index is 0.392. The van der Waals surface area contributed by atoms with Gasteiger partial charge in [-0.1, -0.05) is 6.07 Å². The first-order valence-electron chi connectivity index (χ1n) is 4.64. The number of pyridine rings is 1. The average Bonchev–Trinajstić information content (AvgIpc) is 2.16. The van der Waals surface area contributed by atoms with Crippen molar-refractivity contribution in [3.8, 4) is 0 Å². The summed E-state index contributed by atoms with van der Waals surface area (Å²) < 4.78 is 24.3. The lowest BCUT2D eigenvalue weighted by Crippen LogP contribution is -2.26. The molecule has 0 aliphatic rings. The summed E-state index contributed by atoms with van der Waals surface area (Å²) in [4.78, 5) is 5.33. The van der Waals surface area contributed by atoms with Gasteiger partial charge in [-0.25, -0.2) is 13.8 Å². The molecule has 0 spiro atoms. The third-order valence-electron chi connectivity index (χ3n) is 2.04. The summed E-state index contributed by atoms with van der Waals surface area (Å²) in [5, 5.41) is 9.43. The maximum Gasteiger partial charge on any atom is 0.255 e. The molecule has 0 amide bonds. The van der Waals surface area contributed by atoms with Crippen molar-refractivity contribution in [2.45, 2.75) is 19.5 Å². The topological polar surface area (TPSA) is 36.4 Å². The van der Waals surface area contributed by atoms with E-state index < -0.39 is 19.1 Å². The van der Waals surface area contributed by atoms with Crippen LogP contribution in [-0.2, 0) is 0 Å². The van der Waals surface area contributed by atoms with Crippen LogP contribution in [0.25, 0.3) is 0 Å². The molecule has 15 heavy (non-hydrogen) atoms. The molecule has 0 bridgehead atoms. The van der Waals surface area contributed by atoms with Crippen molar-refractivity contribution in [3.63, 3.8) is 0 Å². The first kappa shape index (κ1) is 11.8. The van der Waals surface area contributed by atoms with Crippen LogP contribution in [-0.4, -0.2) is 30.1 Å². The van der Waals surface area contributed by atoms with Gasteiger partial charge in [0.25, 0.3) is 6.43 Å². The highest BCUT2D eigenvalue weighted by molar-refractivity contribution is 5.47. The van der Waals surface area contributed by atoms with Gasteiger partial charge in [0.05, 0.1) is 12.6 Å². The van der Waals surface area contributed by atoms with Gasteiger partial charge >= 0.3 is 0 Å². The van der Waals surface area contributed by atoms with Gasteiger partial charge in [-0.15, -0.1) is 0 Å². The van der Waals surface area contributed by atoms with Crippen LogP contribution < -0.4 is 4.90 Å². The molecule has 0 radical (unpaired) electrons. The summed E-state index contributed by atoms with van der Waals surface area (Å²) >= 11 is 0. The lowest BCUT2D eigenvalue weighted by atomic mass is 10.1. The highest BCUT2D eigenvalue weighted by Gasteiger charge is 2.15. The Morgan fingerprint density at radius 3 is 2.73 bits per heavy atom. The van der Waals surface area contributed by atoms with Crippen molar-refractivity contribution in [2.24, 2.45) is 0 Å². The number of aromatic nitrogens is 1. The Morgan fingerprint density at radius 2 is 2.20 bits per heavy atom. The van der Waals surface area contributed by atoms with E-state index in [9.17, 15) is 13.9 Å². The highest BCUT2D eigenvalue weighted by Crippen LogP contribution is 2.22. The number of rotatable bonds is 4. The third-order valence-corrected chi connectivity index (χ3v) is 2.04. The van der Waals surface area contributed by atoms with Crippen LogP contribution in [0.3, 0.4) is 0 Å². The largest absolute Gasteiger partial charge is 0.389 e. The number of anilines is 1. The number of nitrogens with zero attached hydrogens (tertiary/aromatic N) is 2. The van der Waals surface area contributed by atoms with Crippen LogP contribution in [0.2, 0.25) is 0 Å². The number of alkyl halides is 2. The molecule has 3 nitrogen and oxygen atoms in total. The van der Waals surface area contributed by atoms with Gasteiger partial charge in [-0.05, 0) is 13.0 Å². The predicted octanol–water partition coefficient (Wildman–Crippen LogP) is 1.84. The Labute approximate surface area is 87.4 Å². The van der Waals surface area contributed by atoms with Crippen LogP contribution in [0, 0.1) is 0 Å². The fourth-order valence-corrected chi connectivity index (χ4v) is 1.35. The monoisotopic (exact) mass is 216 g/mol. The molecular formula is C10H14F2N2O. The van der Waals surface area contributed by atoms with Gasteiger partial charge < -0.3 is 10.0 Å². The summed E-state index contributed by atoms with van der Waals surface area (Å²) in [6.07, 6.45) is -1.61. The maximum absolute atomic E-state index is 12.2. The molecule has 0 aromatic carbocycles. The van der Waals surface area contributed by atoms with Crippen molar-refractivity contribution in [2.75, 3.05) is 18.5 Å². The van der Waals surface area contributed by atoms with E-state index in [4.69, 9.17) is 0 Å². The zero-order chi connectivity index (χ0) is 11.4. The molecule has 0 fully saturated rings. The molecule has 0 saturated heterocycles. The van der Waals surface area contributed by atoms with E-state index in [0.29, 0.717) is 11.4 Å². The van der Waals surface area contributed by atoms with Crippen LogP contribution in [0.5, 0.6) is 0 Å². The molecule has 84 valence electrons. The highest BCUT2D eigenvalue weighted by atomic mass is 19.3. The van der Waals surface area contributed by atoms with Crippen molar-refractivity contribution in [3.05, 3.63) is 23.9 Å². The molecule has 0 aliphatic carbocycles. The van der Waals surface area contributed by atoms with Crippen molar-refractivity contribution in [1.82, 2.24) is 4.98 Å². The Kier molecular flexibility index (Phi) is 3.96. The van der Waals surface area contributed by atoms with Gasteiger partial charge in [-0.3, -0.25) is 0 Å². The van der Waals surface area contributed by atoms with Crippen LogP contribution >= 0.6 is 0 Å². The van der Waals surface area contributed by atoms with E-state index in [1.165, 1.54) is 18.1 Å². The summed E-state index contributed by atoms with van der Waals surface area (Å²) in [5.41, 5.74) is 0.556. The molecule has 1 heterocycles. The Morgan fingerprint density at radius 1 is 1.53 bits per heavy atom. The zero-order valence-electron chi connectivity index (χ0n) is 8.69. The van der Waals surface area contributed by atoms with Gasteiger partial charge in [0.2, 0.25) is 0 Å². The molecule has 5 heteroatoms. The van der Waals surface area contributed by atoms with Crippen LogP contribution in [0.15, 0.2) is 18.3 Å². The van der Waals surface area contributed by atoms with Gasteiger partial charge in [0, 0.05) is 18.8 Å². The minimum atomic E-state index is -2.42. The van der Waals surface area contributed by atoms with E-state index in [1.807, 2.05) is 0 Å². The minimum Gasteiger partial charge on any atom is -0.389 e. The summed E-state index contributed by atoms with van der Waals surface area (Å²) in [6, 6.07) is 3.34. The Bertz CT molecular complexity index is 318. The lowest BCUT2D eigenvalue weighted by Gasteiger charge is -2.21. The number of aliphatic hydroxyl groups is 1. The van der Waals surface area contributed by atoms with Gasteiger partial charge in [-0.2, -0.15) is 0 Å². The molecule has 1 aromatic rings. The molecule has 1 rings (SSSR count). The quantitative estimate of drug-likeness (QED) is 0.834. The van der Waals surface area contributed by atoms with Crippen LogP contribution in [0.1, 0.15) is 18.6 Å². The predicted molar refractivity (Wildman–Crippen MR) is 54.1 cm³/mol. The molecular weight excluding hydrogens is 202 g/mol. The Balaban J connectivity index is 2.92. The maximum atomic E-state index is 12.2. The molecule has 0 saturated carbocycles. The number of hydrogen-bond acceptors (Lipinski definition) is 3. The summed E-state index contributed by atoms with van der Waals surface area (Å²) in [5.74, 6) is 0.396. The fourth-order valence-electron chi connectivity index (χ4n) is 1.35. The fraction of sp³-hybridized carbons (Fsp3) is 0.500. The zero-order valence-corrected chi connectivity index (χ0v) is 8.69. The lowest BCUT2D eigenvalue weighted by molar-refractivity contribution is 0.155. The van der Waals surface area contributed by atoms with Crippen LogP contribution in [0.4, 0.5) is 14.6 Å². The number of hydrogen-bond donors (Lipinski definition) is 1. The van der Waals surface area contributed by atoms with E-state index in [0.717, 1.165) is 0 Å². The van der Waals surface area contributed by atoms with Gasteiger partial charge in [0.1, 0.15) is 5.82 Å². The summed E-state index contributed by atoms with van der Waals surface area (Å²) in [6.45, 7) is 1.19. The van der Waals surface area contributed by atoms with Crippen molar-refractivity contribution in [1.29, 1.82) is 0 Å². The molecule has 1 unspecified atom stereocenters. The number of halogens is 2. The average molecular weight is 216 g/mol. The van der Waals surface area contributed by atoms with E-state index in [-0.39, 0.29) is 0 Å². The molecule has 1 N–H and O–H groups in total. The second-order valence-electron chi connectivity index (χ2n) is 3.36. The molecule has 1 aromatic heterocycles. The third kappa shape index (κ3) is 3.13. The number of aliphatic hydroxyl groups excluding tert-OH is 1. The van der Waals surface area contributed by atoms with Gasteiger partial charge in [0.15, 0.2) is 0 Å². The molecule has 1 atom stereocenters. The molecule has 0 aliphatic heterocycles. The Hall–Kier alpha value is -1.23. The van der Waals surface area contributed by atoms with E-state index in [1.54, 1.807) is 19.1 Å². The standard InChI is InChI=1S/C10H14F2N2O/c1-7(15)8-4-3-5-13-10(8)14(2)6-9(11)12/h3-5,7,9,15H,6H2,1-2H3. The normalized spacial score (nSPS) is 12.9. The van der Waals surface area contributed by atoms with Crippen molar-refractivity contribution >= 4 is 5.82 Å². The second-order valence-corrected chi connectivity index (χ2v) is 3.36. The van der Waals surface area contributed by atoms with E-state index >= 15 is 0 Å².